The number of carbonyl (C=O) groups is 2. The fraction of sp³-hybridized carbons (Fsp3) is 0.179. The average Bonchev–Trinajstić information content (AvgIpc) is 3.34. The molecule has 0 bridgehead atoms. The van der Waals surface area contributed by atoms with E-state index in [4.69, 9.17) is 4.74 Å². The van der Waals surface area contributed by atoms with Crippen LogP contribution in [0.2, 0.25) is 0 Å². The Balaban J connectivity index is 1.27. The van der Waals surface area contributed by atoms with Gasteiger partial charge in [-0.2, -0.15) is 0 Å². The van der Waals surface area contributed by atoms with Gasteiger partial charge in [0.2, 0.25) is 5.91 Å². The average molecular weight is 487 g/mol. The molecule has 7 nitrogen and oxygen atoms in total. The molecule has 0 unspecified atom stereocenters. The third-order valence-corrected chi connectivity index (χ3v) is 5.71. The van der Waals surface area contributed by atoms with E-state index in [2.05, 4.69) is 15.6 Å². The highest BCUT2D eigenvalue weighted by Gasteiger charge is 2.12. The fourth-order valence-corrected chi connectivity index (χ4v) is 3.70. The number of nitrogens with zero attached hydrogens (tertiary/aromatic N) is 2. The number of benzene rings is 3. The Kier molecular flexibility index (Phi) is 7.75. The lowest BCUT2D eigenvalue weighted by atomic mass is 10.1. The number of hydrogen-bond acceptors (Lipinski definition) is 4. The maximum Gasteiger partial charge on any atom is 0.275 e. The number of imidazole rings is 1. The molecule has 2 N–H and O–H groups in total. The quantitative estimate of drug-likeness (QED) is 0.340. The van der Waals surface area contributed by atoms with Crippen LogP contribution in [0.4, 0.5) is 15.8 Å². The number of aromatic nitrogens is 2. The van der Waals surface area contributed by atoms with Crippen molar-refractivity contribution in [2.75, 3.05) is 17.7 Å². The predicted molar refractivity (Wildman–Crippen MR) is 137 cm³/mol. The summed E-state index contributed by atoms with van der Waals surface area (Å²) in [6.07, 6.45) is 4.26. The van der Waals surface area contributed by atoms with E-state index in [9.17, 15) is 14.0 Å². The van der Waals surface area contributed by atoms with Crippen LogP contribution < -0.4 is 15.4 Å². The molecule has 4 rings (SSSR count). The van der Waals surface area contributed by atoms with Crippen LogP contribution in [0, 0.1) is 12.7 Å². The Labute approximate surface area is 208 Å². The smallest absolute Gasteiger partial charge is 0.275 e. The number of rotatable bonds is 9. The van der Waals surface area contributed by atoms with Gasteiger partial charge in [0.1, 0.15) is 17.3 Å². The van der Waals surface area contributed by atoms with Gasteiger partial charge in [0.15, 0.2) is 0 Å². The number of nitrogens with one attached hydrogen (secondary N) is 2. The van der Waals surface area contributed by atoms with Crippen molar-refractivity contribution in [3.63, 3.8) is 0 Å². The summed E-state index contributed by atoms with van der Waals surface area (Å²) in [6.45, 7) is 2.24. The lowest BCUT2D eigenvalue weighted by molar-refractivity contribution is -0.116. The molecule has 0 saturated carbocycles. The molecule has 8 heteroatoms. The Morgan fingerprint density at radius 2 is 1.69 bits per heavy atom. The highest BCUT2D eigenvalue weighted by Crippen LogP contribution is 2.17. The van der Waals surface area contributed by atoms with Gasteiger partial charge in [-0.3, -0.25) is 9.59 Å². The van der Waals surface area contributed by atoms with Crippen molar-refractivity contribution in [3.05, 3.63) is 107 Å². The van der Waals surface area contributed by atoms with E-state index in [1.807, 2.05) is 48.5 Å². The minimum absolute atomic E-state index is 0.0553. The second-order valence-corrected chi connectivity index (χ2v) is 8.44. The van der Waals surface area contributed by atoms with Crippen molar-refractivity contribution in [1.82, 2.24) is 9.55 Å². The molecule has 36 heavy (non-hydrogen) atoms. The van der Waals surface area contributed by atoms with E-state index in [1.54, 1.807) is 31.1 Å². The normalized spacial score (nSPS) is 10.6. The zero-order valence-corrected chi connectivity index (χ0v) is 20.1. The van der Waals surface area contributed by atoms with E-state index in [0.717, 1.165) is 22.6 Å². The number of ether oxygens (including phenoxy) is 1. The second kappa shape index (κ2) is 11.3. The van der Waals surface area contributed by atoms with Crippen LogP contribution in [-0.4, -0.2) is 28.5 Å². The number of anilines is 2. The summed E-state index contributed by atoms with van der Waals surface area (Å²) in [5.74, 6) is 0.0175. The molecule has 2 amide bonds. The first-order valence-corrected chi connectivity index (χ1v) is 11.5. The summed E-state index contributed by atoms with van der Waals surface area (Å²) < 4.78 is 20.2. The number of hydrogen-bond donors (Lipinski definition) is 2. The molecule has 184 valence electrons. The van der Waals surface area contributed by atoms with Crippen LogP contribution in [0.5, 0.6) is 5.75 Å². The molecule has 1 heterocycles. The zero-order chi connectivity index (χ0) is 25.5. The molecule has 0 radical (unpaired) electrons. The summed E-state index contributed by atoms with van der Waals surface area (Å²) in [7, 11) is 1.62. The van der Waals surface area contributed by atoms with Crippen molar-refractivity contribution in [3.8, 4) is 5.75 Å². The third-order valence-electron chi connectivity index (χ3n) is 5.71. The van der Waals surface area contributed by atoms with Crippen LogP contribution in [0.3, 0.4) is 0 Å². The van der Waals surface area contributed by atoms with Gasteiger partial charge in [-0.1, -0.05) is 24.3 Å². The standard InChI is InChI=1S/C28H27FN4O3/c1-19-15-22(29)8-13-25(19)32-28(35)26-17-33(18-30-26)16-21-3-9-23(10-4-21)31-27(34)14-7-20-5-11-24(36-2)12-6-20/h3-6,8-13,15,17-18H,7,14,16H2,1-2H3,(H,31,34)(H,32,35). The monoisotopic (exact) mass is 486 g/mol. The van der Waals surface area contributed by atoms with Gasteiger partial charge in [-0.25, -0.2) is 9.37 Å². The number of carbonyl (C=O) groups excluding carboxylic acids is 2. The summed E-state index contributed by atoms with van der Waals surface area (Å²) in [5.41, 5.74) is 4.22. The molecule has 1 aromatic heterocycles. The second-order valence-electron chi connectivity index (χ2n) is 8.44. The van der Waals surface area contributed by atoms with Crippen LogP contribution in [0.25, 0.3) is 0 Å². The van der Waals surface area contributed by atoms with Gasteiger partial charge >= 0.3 is 0 Å². The molecule has 0 aliphatic rings. The fourth-order valence-electron chi connectivity index (χ4n) is 3.70. The number of halogens is 1. The van der Waals surface area contributed by atoms with Crippen molar-refractivity contribution < 1.29 is 18.7 Å². The van der Waals surface area contributed by atoms with E-state index < -0.39 is 0 Å². The van der Waals surface area contributed by atoms with Crippen molar-refractivity contribution in [1.29, 1.82) is 0 Å². The summed E-state index contributed by atoms with van der Waals surface area (Å²) in [5, 5.41) is 5.67. The highest BCUT2D eigenvalue weighted by molar-refractivity contribution is 6.03. The minimum Gasteiger partial charge on any atom is -0.497 e. The Bertz CT molecular complexity index is 1350. The number of methoxy groups -OCH3 is 1. The number of aryl methyl sites for hydroxylation is 2. The van der Waals surface area contributed by atoms with Gasteiger partial charge < -0.3 is 19.9 Å². The largest absolute Gasteiger partial charge is 0.497 e. The Morgan fingerprint density at radius 3 is 2.39 bits per heavy atom. The predicted octanol–water partition coefficient (Wildman–Crippen LogP) is 5.21. The highest BCUT2D eigenvalue weighted by atomic mass is 19.1. The zero-order valence-electron chi connectivity index (χ0n) is 20.1. The lowest BCUT2D eigenvalue weighted by Gasteiger charge is -2.08. The first kappa shape index (κ1) is 24.7. The topological polar surface area (TPSA) is 85.2 Å². The van der Waals surface area contributed by atoms with E-state index in [-0.39, 0.29) is 23.3 Å². The molecule has 0 atom stereocenters. The maximum absolute atomic E-state index is 13.3. The van der Waals surface area contributed by atoms with Crippen molar-refractivity contribution >= 4 is 23.2 Å². The van der Waals surface area contributed by atoms with E-state index in [0.29, 0.717) is 30.6 Å². The molecule has 4 aromatic rings. The molecule has 3 aromatic carbocycles. The van der Waals surface area contributed by atoms with Crippen LogP contribution in [-0.2, 0) is 17.8 Å². The Hall–Kier alpha value is -4.46. The summed E-state index contributed by atoms with van der Waals surface area (Å²) in [4.78, 5) is 29.0. The number of amides is 2. The van der Waals surface area contributed by atoms with E-state index >= 15 is 0 Å². The van der Waals surface area contributed by atoms with Crippen LogP contribution in [0.1, 0.15) is 33.6 Å². The summed E-state index contributed by atoms with van der Waals surface area (Å²) >= 11 is 0. The molecule has 0 aliphatic carbocycles. The van der Waals surface area contributed by atoms with Crippen molar-refractivity contribution in [2.24, 2.45) is 0 Å². The Morgan fingerprint density at radius 1 is 0.972 bits per heavy atom. The molecule has 0 spiro atoms. The molecular weight excluding hydrogens is 459 g/mol. The first-order valence-electron chi connectivity index (χ1n) is 11.5. The SMILES string of the molecule is COc1ccc(CCC(=O)Nc2ccc(Cn3cnc(C(=O)Nc4ccc(F)cc4C)c3)cc2)cc1. The first-order chi connectivity index (χ1) is 17.4. The third kappa shape index (κ3) is 6.56. The van der Waals surface area contributed by atoms with Gasteiger partial charge in [0.25, 0.3) is 5.91 Å². The molecule has 0 fully saturated rings. The molecule has 0 saturated heterocycles. The minimum atomic E-state index is -0.365. The van der Waals surface area contributed by atoms with Crippen LogP contribution >= 0.6 is 0 Å². The molecular formula is C28H27FN4O3. The van der Waals surface area contributed by atoms with Gasteiger partial charge in [0, 0.05) is 30.5 Å². The lowest BCUT2D eigenvalue weighted by Crippen LogP contribution is -2.13. The maximum atomic E-state index is 13.3. The summed E-state index contributed by atoms with van der Waals surface area (Å²) in [6, 6.07) is 19.4. The van der Waals surface area contributed by atoms with E-state index in [1.165, 1.54) is 18.2 Å². The van der Waals surface area contributed by atoms with Crippen LogP contribution in [0.15, 0.2) is 79.3 Å². The van der Waals surface area contributed by atoms with Gasteiger partial charge in [-0.05, 0) is 72.5 Å². The van der Waals surface area contributed by atoms with Gasteiger partial charge in [0.05, 0.1) is 13.4 Å². The van der Waals surface area contributed by atoms with Crippen molar-refractivity contribution in [2.45, 2.75) is 26.3 Å². The molecule has 0 aliphatic heterocycles. The van der Waals surface area contributed by atoms with Gasteiger partial charge in [-0.15, -0.1) is 0 Å².